The minimum Gasteiger partial charge on any atom is -0.341 e. The van der Waals surface area contributed by atoms with E-state index < -0.39 is 0 Å². The molecule has 0 aliphatic carbocycles. The van der Waals surface area contributed by atoms with Gasteiger partial charge >= 0.3 is 0 Å². The van der Waals surface area contributed by atoms with E-state index in [1.165, 1.54) is 0 Å². The number of hydrogen-bond donors (Lipinski definition) is 1. The molecule has 1 saturated heterocycles. The van der Waals surface area contributed by atoms with Crippen LogP contribution in [0.1, 0.15) is 37.9 Å². The zero-order valence-corrected chi connectivity index (χ0v) is 10.2. The van der Waals surface area contributed by atoms with Crippen molar-refractivity contribution >= 4 is 5.91 Å². The Morgan fingerprint density at radius 3 is 3.12 bits per heavy atom. The van der Waals surface area contributed by atoms with Gasteiger partial charge in [-0.3, -0.25) is 4.79 Å². The molecule has 1 amide bonds. The predicted octanol–water partition coefficient (Wildman–Crippen LogP) is 0.310. The van der Waals surface area contributed by atoms with Crippen LogP contribution in [0.15, 0.2) is 6.20 Å². The van der Waals surface area contributed by atoms with E-state index in [9.17, 15) is 4.79 Å². The number of rotatable bonds is 3. The molecule has 2 rings (SSSR count). The smallest absolute Gasteiger partial charge is 0.222 e. The van der Waals surface area contributed by atoms with Crippen molar-refractivity contribution < 1.29 is 4.79 Å². The third-order valence-electron chi connectivity index (χ3n) is 3.19. The van der Waals surface area contributed by atoms with Crippen LogP contribution in [0.3, 0.4) is 0 Å². The van der Waals surface area contributed by atoms with Crippen molar-refractivity contribution in [1.29, 1.82) is 0 Å². The molecule has 0 saturated carbocycles. The van der Waals surface area contributed by atoms with Gasteiger partial charge in [-0.1, -0.05) is 12.1 Å². The summed E-state index contributed by atoms with van der Waals surface area (Å²) in [6, 6.07) is 0.243. The van der Waals surface area contributed by atoms with Crippen LogP contribution < -0.4 is 5.73 Å². The minimum atomic E-state index is 0.217. The normalized spacial score (nSPS) is 20.6. The van der Waals surface area contributed by atoms with Crippen molar-refractivity contribution in [1.82, 2.24) is 19.9 Å². The first-order valence-electron chi connectivity index (χ1n) is 6.13. The largest absolute Gasteiger partial charge is 0.341 e. The molecule has 1 atom stereocenters. The molecule has 0 unspecified atom stereocenters. The fourth-order valence-electron chi connectivity index (χ4n) is 2.21. The second kappa shape index (κ2) is 5.27. The molecule has 0 aromatic carbocycles. The Labute approximate surface area is 101 Å². The number of piperidine rings is 1. The Kier molecular flexibility index (Phi) is 3.73. The molecule has 6 nitrogen and oxygen atoms in total. The number of aromatic nitrogens is 3. The Morgan fingerprint density at radius 1 is 1.65 bits per heavy atom. The molecule has 2 N–H and O–H groups in total. The Morgan fingerprint density at radius 2 is 2.47 bits per heavy atom. The van der Waals surface area contributed by atoms with Crippen LogP contribution in [0, 0.1) is 0 Å². The van der Waals surface area contributed by atoms with Crippen LogP contribution in [0.4, 0.5) is 0 Å². The highest BCUT2D eigenvalue weighted by atomic mass is 16.2. The van der Waals surface area contributed by atoms with Gasteiger partial charge in [0.05, 0.1) is 17.9 Å². The summed E-state index contributed by atoms with van der Waals surface area (Å²) in [4.78, 5) is 13.6. The highest BCUT2D eigenvalue weighted by Crippen LogP contribution is 2.21. The van der Waals surface area contributed by atoms with E-state index in [-0.39, 0.29) is 11.9 Å². The third kappa shape index (κ3) is 2.63. The summed E-state index contributed by atoms with van der Waals surface area (Å²) < 4.78 is 1.84. The highest BCUT2D eigenvalue weighted by Gasteiger charge is 2.24. The van der Waals surface area contributed by atoms with Crippen molar-refractivity contribution in [3.63, 3.8) is 0 Å². The maximum absolute atomic E-state index is 11.7. The summed E-state index contributed by atoms with van der Waals surface area (Å²) in [6.07, 6.45) is 4.51. The average molecular weight is 237 g/mol. The molecule has 1 aliphatic heterocycles. The zero-order valence-electron chi connectivity index (χ0n) is 10.2. The number of amides is 1. The van der Waals surface area contributed by atoms with E-state index in [0.29, 0.717) is 13.0 Å². The van der Waals surface area contributed by atoms with Crippen LogP contribution >= 0.6 is 0 Å². The molecule has 1 aromatic heterocycles. The monoisotopic (exact) mass is 237 g/mol. The molecular formula is C11H19N5O. The predicted molar refractivity (Wildman–Crippen MR) is 63.1 cm³/mol. The number of carbonyl (C=O) groups excluding carboxylic acids is 1. The third-order valence-corrected chi connectivity index (χ3v) is 3.19. The van der Waals surface area contributed by atoms with Crippen LogP contribution in [-0.2, 0) is 11.3 Å². The van der Waals surface area contributed by atoms with E-state index in [0.717, 1.165) is 31.6 Å². The number of carbonyl (C=O) groups is 1. The molecule has 0 bridgehead atoms. The molecule has 1 fully saturated rings. The van der Waals surface area contributed by atoms with Gasteiger partial charge in [-0.25, -0.2) is 4.68 Å². The lowest BCUT2D eigenvalue weighted by atomic mass is 10.1. The summed E-state index contributed by atoms with van der Waals surface area (Å²) in [7, 11) is 0. The molecular weight excluding hydrogens is 218 g/mol. The summed E-state index contributed by atoms with van der Waals surface area (Å²) in [6.45, 7) is 3.90. The summed E-state index contributed by atoms with van der Waals surface area (Å²) >= 11 is 0. The SMILES string of the molecule is CCC(=O)N1CCC[C@H](n2cc(CN)nn2)C1. The first kappa shape index (κ1) is 12.0. The first-order valence-corrected chi connectivity index (χ1v) is 6.13. The van der Waals surface area contributed by atoms with Crippen molar-refractivity contribution in [3.8, 4) is 0 Å². The van der Waals surface area contributed by atoms with Gasteiger partial charge in [-0.15, -0.1) is 5.10 Å². The molecule has 1 aromatic rings. The summed E-state index contributed by atoms with van der Waals surface area (Å²) in [5.74, 6) is 0.217. The average Bonchev–Trinajstić information content (AvgIpc) is 2.86. The summed E-state index contributed by atoms with van der Waals surface area (Å²) in [5, 5.41) is 8.06. The fraction of sp³-hybridized carbons (Fsp3) is 0.727. The Hall–Kier alpha value is -1.43. The van der Waals surface area contributed by atoms with Crippen molar-refractivity contribution in [3.05, 3.63) is 11.9 Å². The lowest BCUT2D eigenvalue weighted by molar-refractivity contribution is -0.132. The lowest BCUT2D eigenvalue weighted by Crippen LogP contribution is -2.40. The van der Waals surface area contributed by atoms with Crippen molar-refractivity contribution in [2.75, 3.05) is 13.1 Å². The molecule has 94 valence electrons. The maximum Gasteiger partial charge on any atom is 0.222 e. The molecule has 6 heteroatoms. The van der Waals surface area contributed by atoms with Crippen molar-refractivity contribution in [2.24, 2.45) is 5.73 Å². The molecule has 2 heterocycles. The molecule has 0 radical (unpaired) electrons. The molecule has 17 heavy (non-hydrogen) atoms. The molecule has 1 aliphatic rings. The van der Waals surface area contributed by atoms with E-state index in [1.807, 2.05) is 22.7 Å². The zero-order chi connectivity index (χ0) is 12.3. The van der Waals surface area contributed by atoms with E-state index >= 15 is 0 Å². The van der Waals surface area contributed by atoms with E-state index in [2.05, 4.69) is 10.3 Å². The van der Waals surface area contributed by atoms with Gasteiger partial charge in [-0.2, -0.15) is 0 Å². The number of hydrogen-bond acceptors (Lipinski definition) is 4. The standard InChI is InChI=1S/C11H19N5O/c1-2-11(17)15-5-3-4-10(8-15)16-7-9(6-12)13-14-16/h7,10H,2-6,8,12H2,1H3/t10-/m0/s1. The Balaban J connectivity index is 2.04. The lowest BCUT2D eigenvalue weighted by Gasteiger charge is -2.32. The van der Waals surface area contributed by atoms with Gasteiger partial charge in [0.25, 0.3) is 0 Å². The number of nitrogens with zero attached hydrogens (tertiary/aromatic N) is 4. The molecule has 0 spiro atoms. The Bertz CT molecular complexity index is 389. The number of nitrogens with two attached hydrogens (primary N) is 1. The first-order chi connectivity index (χ1) is 8.24. The van der Waals surface area contributed by atoms with E-state index in [1.54, 1.807) is 0 Å². The second-order valence-corrected chi connectivity index (χ2v) is 4.38. The van der Waals surface area contributed by atoms with Gasteiger partial charge in [0, 0.05) is 26.1 Å². The topological polar surface area (TPSA) is 77.0 Å². The maximum atomic E-state index is 11.7. The van der Waals surface area contributed by atoms with E-state index in [4.69, 9.17) is 5.73 Å². The number of likely N-dealkylation sites (tertiary alicyclic amines) is 1. The quantitative estimate of drug-likeness (QED) is 0.820. The minimum absolute atomic E-state index is 0.217. The fourth-order valence-corrected chi connectivity index (χ4v) is 2.21. The van der Waals surface area contributed by atoms with Crippen LogP contribution in [-0.4, -0.2) is 38.9 Å². The van der Waals surface area contributed by atoms with Crippen molar-refractivity contribution in [2.45, 2.75) is 38.8 Å². The highest BCUT2D eigenvalue weighted by molar-refractivity contribution is 5.75. The van der Waals surface area contributed by atoms with Gasteiger partial charge < -0.3 is 10.6 Å². The van der Waals surface area contributed by atoms with Crippen LogP contribution in [0.5, 0.6) is 0 Å². The van der Waals surface area contributed by atoms with Gasteiger partial charge in [-0.05, 0) is 12.8 Å². The van der Waals surface area contributed by atoms with Gasteiger partial charge in [0.1, 0.15) is 0 Å². The van der Waals surface area contributed by atoms with Crippen LogP contribution in [0.25, 0.3) is 0 Å². The summed E-state index contributed by atoms with van der Waals surface area (Å²) in [5.41, 5.74) is 6.30. The van der Waals surface area contributed by atoms with Gasteiger partial charge in [0.2, 0.25) is 5.91 Å². The second-order valence-electron chi connectivity index (χ2n) is 4.38. The van der Waals surface area contributed by atoms with Crippen LogP contribution in [0.2, 0.25) is 0 Å². The van der Waals surface area contributed by atoms with Gasteiger partial charge in [0.15, 0.2) is 0 Å².